The van der Waals surface area contributed by atoms with Gasteiger partial charge in [-0.1, -0.05) is 60.7 Å². The number of nitrogens with zero attached hydrogens (tertiary/aromatic N) is 4. The van der Waals surface area contributed by atoms with E-state index in [0.29, 0.717) is 71.9 Å². The maximum atomic E-state index is 13.6. The van der Waals surface area contributed by atoms with Gasteiger partial charge in [0.2, 0.25) is 18.2 Å². The maximum absolute atomic E-state index is 13.6. The highest BCUT2D eigenvalue weighted by molar-refractivity contribution is 5.79. The van der Waals surface area contributed by atoms with Gasteiger partial charge in [0.05, 0.1) is 6.54 Å². The smallest absolute Gasteiger partial charge is 0.236 e. The van der Waals surface area contributed by atoms with Gasteiger partial charge in [-0.05, 0) is 29.9 Å². The fourth-order valence-electron chi connectivity index (χ4n) is 5.84. The zero-order chi connectivity index (χ0) is 27.0. The first-order valence-corrected chi connectivity index (χ1v) is 14.0. The molecule has 2 aromatic carbocycles. The van der Waals surface area contributed by atoms with Crippen molar-refractivity contribution in [1.29, 1.82) is 0 Å². The molecule has 0 N–H and O–H groups in total. The lowest BCUT2D eigenvalue weighted by Crippen LogP contribution is -2.50. The average molecular weight is 531 g/mol. The van der Waals surface area contributed by atoms with Crippen molar-refractivity contribution < 1.29 is 19.1 Å². The summed E-state index contributed by atoms with van der Waals surface area (Å²) in [7, 11) is 0. The Bertz CT molecular complexity index is 1160. The lowest BCUT2D eigenvalue weighted by molar-refractivity contribution is -0.138. The molecule has 3 amide bonds. The van der Waals surface area contributed by atoms with Crippen molar-refractivity contribution in [1.82, 2.24) is 19.6 Å². The summed E-state index contributed by atoms with van der Waals surface area (Å²) in [5.74, 6) is 1.35. The first-order valence-electron chi connectivity index (χ1n) is 14.0. The lowest BCUT2D eigenvalue weighted by Gasteiger charge is -2.39. The highest BCUT2D eigenvalue weighted by atomic mass is 16.5. The third kappa shape index (κ3) is 7.06. The molecule has 8 nitrogen and oxygen atoms in total. The number of ether oxygens (including phenoxy) is 1. The molecule has 206 valence electrons. The van der Waals surface area contributed by atoms with E-state index in [4.69, 9.17) is 4.74 Å². The molecule has 2 bridgehead atoms. The van der Waals surface area contributed by atoms with Crippen LogP contribution in [0.1, 0.15) is 24.0 Å². The van der Waals surface area contributed by atoms with E-state index in [1.54, 1.807) is 4.90 Å². The third-order valence-electron chi connectivity index (χ3n) is 8.10. The number of piperazine rings is 1. The monoisotopic (exact) mass is 530 g/mol. The number of hydrogen-bond acceptors (Lipinski definition) is 5. The molecule has 3 aliphatic rings. The molecule has 3 aliphatic heterocycles. The Morgan fingerprint density at radius 1 is 0.949 bits per heavy atom. The van der Waals surface area contributed by atoms with Crippen LogP contribution in [0.5, 0.6) is 5.75 Å². The number of hydrogen-bond donors (Lipinski definition) is 0. The van der Waals surface area contributed by atoms with E-state index < -0.39 is 0 Å². The van der Waals surface area contributed by atoms with Crippen LogP contribution in [0.2, 0.25) is 0 Å². The normalized spacial score (nSPS) is 23.5. The predicted octanol–water partition coefficient (Wildman–Crippen LogP) is 2.79. The fraction of sp³-hybridized carbons (Fsp3) is 0.452. The number of fused-ring (bicyclic) bond motifs is 3. The fourth-order valence-corrected chi connectivity index (χ4v) is 5.84. The second-order valence-corrected chi connectivity index (χ2v) is 10.8. The molecule has 0 aliphatic carbocycles. The number of para-hydroxylation sites is 1. The first kappa shape index (κ1) is 26.9. The lowest BCUT2D eigenvalue weighted by atomic mass is 9.82. The van der Waals surface area contributed by atoms with Gasteiger partial charge in [-0.3, -0.25) is 19.3 Å². The molecule has 0 aromatic heterocycles. The molecular weight excluding hydrogens is 492 g/mol. The summed E-state index contributed by atoms with van der Waals surface area (Å²) in [6.45, 7) is 5.66. The van der Waals surface area contributed by atoms with Gasteiger partial charge in [0, 0.05) is 64.3 Å². The minimum Gasteiger partial charge on any atom is -0.489 e. The van der Waals surface area contributed by atoms with Crippen LogP contribution in [0.15, 0.2) is 66.7 Å². The van der Waals surface area contributed by atoms with E-state index in [1.807, 2.05) is 52.3 Å². The molecular formula is C31H38N4O4. The van der Waals surface area contributed by atoms with Crippen molar-refractivity contribution >= 4 is 18.2 Å². The topological polar surface area (TPSA) is 73.4 Å². The number of carbonyl (C=O) groups is 3. The Labute approximate surface area is 230 Å². The second kappa shape index (κ2) is 12.9. The van der Waals surface area contributed by atoms with Crippen LogP contribution < -0.4 is 4.74 Å². The van der Waals surface area contributed by atoms with Gasteiger partial charge < -0.3 is 19.4 Å². The largest absolute Gasteiger partial charge is 0.489 e. The molecule has 8 heteroatoms. The Balaban J connectivity index is 1.31. The minimum atomic E-state index is 0.0880. The molecule has 0 saturated carbocycles. The van der Waals surface area contributed by atoms with Crippen LogP contribution in [0.25, 0.3) is 0 Å². The van der Waals surface area contributed by atoms with Gasteiger partial charge in [0.15, 0.2) is 0 Å². The molecule has 2 saturated heterocycles. The van der Waals surface area contributed by atoms with Crippen molar-refractivity contribution in [2.75, 3.05) is 52.4 Å². The number of piperidine rings is 1. The highest BCUT2D eigenvalue weighted by Crippen LogP contribution is 2.30. The number of amides is 3. The summed E-state index contributed by atoms with van der Waals surface area (Å²) in [5.41, 5.74) is 2.23. The summed E-state index contributed by atoms with van der Waals surface area (Å²) < 4.78 is 6.18. The first-order chi connectivity index (χ1) is 19.1. The average Bonchev–Trinajstić information content (AvgIpc) is 2.97. The minimum absolute atomic E-state index is 0.0880. The summed E-state index contributed by atoms with van der Waals surface area (Å²) >= 11 is 0. The van der Waals surface area contributed by atoms with Gasteiger partial charge >= 0.3 is 0 Å². The van der Waals surface area contributed by atoms with Crippen molar-refractivity contribution in [2.24, 2.45) is 11.8 Å². The third-order valence-corrected chi connectivity index (χ3v) is 8.10. The Morgan fingerprint density at radius 3 is 2.51 bits per heavy atom. The number of carbonyl (C=O) groups excluding carboxylic acids is 3. The SMILES string of the molecule is O=CN1CCN(C(=O)C[C@@H]2CCN3C[C@@H]2/C=C/COc2ccccc2CN(Cc2ccccc2)CC3=O)CC1. The summed E-state index contributed by atoms with van der Waals surface area (Å²) in [4.78, 5) is 45.5. The van der Waals surface area contributed by atoms with E-state index in [0.717, 1.165) is 24.1 Å². The van der Waals surface area contributed by atoms with Crippen LogP contribution in [-0.2, 0) is 27.5 Å². The van der Waals surface area contributed by atoms with Crippen LogP contribution in [0.3, 0.4) is 0 Å². The molecule has 2 aromatic rings. The van der Waals surface area contributed by atoms with Crippen LogP contribution in [0.4, 0.5) is 0 Å². The van der Waals surface area contributed by atoms with Gasteiger partial charge in [-0.2, -0.15) is 0 Å². The van der Waals surface area contributed by atoms with E-state index in [9.17, 15) is 14.4 Å². The van der Waals surface area contributed by atoms with Crippen molar-refractivity contribution in [2.45, 2.75) is 25.9 Å². The van der Waals surface area contributed by atoms with Crippen molar-refractivity contribution in [3.63, 3.8) is 0 Å². The summed E-state index contributed by atoms with van der Waals surface area (Å²) in [6, 6.07) is 18.3. The molecule has 2 atom stereocenters. The van der Waals surface area contributed by atoms with E-state index >= 15 is 0 Å². The zero-order valence-electron chi connectivity index (χ0n) is 22.5. The van der Waals surface area contributed by atoms with Gasteiger partial charge in [-0.25, -0.2) is 0 Å². The van der Waals surface area contributed by atoms with Crippen LogP contribution in [0, 0.1) is 11.8 Å². The molecule has 3 heterocycles. The van der Waals surface area contributed by atoms with Crippen LogP contribution >= 0.6 is 0 Å². The molecule has 39 heavy (non-hydrogen) atoms. The van der Waals surface area contributed by atoms with E-state index in [1.165, 1.54) is 5.56 Å². The van der Waals surface area contributed by atoms with E-state index in [-0.39, 0.29) is 23.7 Å². The molecule has 5 rings (SSSR count). The number of benzene rings is 2. The predicted molar refractivity (Wildman–Crippen MR) is 149 cm³/mol. The quantitative estimate of drug-likeness (QED) is 0.439. The molecule has 2 fully saturated rings. The standard InChI is InChI=1S/C31H38N4O4/c36-24-32-14-16-34(17-15-32)30(37)19-26-12-13-35-22-27(26)10-6-18-39-29-11-5-4-9-28(29)21-33(23-31(35)38)20-25-7-2-1-3-8-25/h1-11,24,26-27H,12-23H2/b10-6+/t26-,27-/m0/s1. The Morgan fingerprint density at radius 2 is 1.72 bits per heavy atom. The van der Waals surface area contributed by atoms with Gasteiger partial charge in [0.25, 0.3) is 0 Å². The highest BCUT2D eigenvalue weighted by Gasteiger charge is 2.33. The Hall–Kier alpha value is -3.65. The van der Waals surface area contributed by atoms with Gasteiger partial charge in [0.1, 0.15) is 12.4 Å². The zero-order valence-corrected chi connectivity index (χ0v) is 22.5. The number of rotatable bonds is 5. The summed E-state index contributed by atoms with van der Waals surface area (Å²) in [5, 5.41) is 0. The van der Waals surface area contributed by atoms with Gasteiger partial charge in [-0.15, -0.1) is 0 Å². The molecule has 0 unspecified atom stereocenters. The van der Waals surface area contributed by atoms with E-state index in [2.05, 4.69) is 29.2 Å². The molecule has 0 spiro atoms. The summed E-state index contributed by atoms with van der Waals surface area (Å²) in [6.07, 6.45) is 6.29. The van der Waals surface area contributed by atoms with Crippen molar-refractivity contribution in [3.8, 4) is 5.75 Å². The Kier molecular flexibility index (Phi) is 8.93. The molecule has 0 radical (unpaired) electrons. The van der Waals surface area contributed by atoms with Crippen LogP contribution in [-0.4, -0.2) is 90.2 Å². The van der Waals surface area contributed by atoms with Crippen molar-refractivity contribution in [3.05, 3.63) is 77.9 Å². The second-order valence-electron chi connectivity index (χ2n) is 10.8. The maximum Gasteiger partial charge on any atom is 0.236 e.